The van der Waals surface area contributed by atoms with Gasteiger partial charge in [0.15, 0.2) is 5.96 Å². The Labute approximate surface area is 145 Å². The van der Waals surface area contributed by atoms with Gasteiger partial charge in [0.25, 0.3) is 0 Å². The molecule has 23 heavy (non-hydrogen) atoms. The first kappa shape index (κ1) is 17.9. The van der Waals surface area contributed by atoms with E-state index >= 15 is 0 Å². The van der Waals surface area contributed by atoms with Gasteiger partial charge in [-0.05, 0) is 57.7 Å². The number of benzene rings is 1. The zero-order valence-electron chi connectivity index (χ0n) is 14.7. The Morgan fingerprint density at radius 1 is 1.43 bits per heavy atom. The van der Waals surface area contributed by atoms with Crippen LogP contribution in [0, 0.1) is 12.8 Å². The molecule has 1 aliphatic rings. The molecule has 1 aromatic rings. The molecule has 5 heteroatoms. The van der Waals surface area contributed by atoms with Crippen molar-refractivity contribution in [2.45, 2.75) is 40.2 Å². The van der Waals surface area contributed by atoms with Crippen LogP contribution in [0.2, 0.25) is 5.02 Å². The van der Waals surface area contributed by atoms with Crippen LogP contribution in [0.3, 0.4) is 0 Å². The maximum atomic E-state index is 6.15. The van der Waals surface area contributed by atoms with Crippen molar-refractivity contribution in [3.8, 4) is 0 Å². The Morgan fingerprint density at radius 3 is 2.91 bits per heavy atom. The van der Waals surface area contributed by atoms with Gasteiger partial charge in [-0.2, -0.15) is 0 Å². The third-order valence-corrected chi connectivity index (χ3v) is 4.31. The average molecular weight is 337 g/mol. The molecular formula is C18H29ClN4. The lowest BCUT2D eigenvalue weighted by atomic mass is 10.1. The lowest BCUT2D eigenvalue weighted by molar-refractivity contribution is 0.595. The summed E-state index contributed by atoms with van der Waals surface area (Å²) in [6.07, 6.45) is 1.18. The van der Waals surface area contributed by atoms with E-state index in [-0.39, 0.29) is 0 Å². The Kier molecular flexibility index (Phi) is 6.58. The summed E-state index contributed by atoms with van der Waals surface area (Å²) in [7, 11) is 0. The van der Waals surface area contributed by atoms with E-state index < -0.39 is 0 Å². The zero-order valence-corrected chi connectivity index (χ0v) is 15.5. The molecule has 0 radical (unpaired) electrons. The fraction of sp³-hybridized carbons (Fsp3) is 0.611. The van der Waals surface area contributed by atoms with E-state index in [1.165, 1.54) is 17.7 Å². The maximum Gasteiger partial charge on any atom is 0.191 e. The number of guanidine groups is 1. The van der Waals surface area contributed by atoms with Crippen LogP contribution in [0.4, 0.5) is 5.69 Å². The molecule has 128 valence electrons. The van der Waals surface area contributed by atoms with Gasteiger partial charge in [-0.1, -0.05) is 17.7 Å². The molecule has 2 rings (SSSR count). The van der Waals surface area contributed by atoms with Crippen LogP contribution in [0.5, 0.6) is 0 Å². The second-order valence-electron chi connectivity index (χ2n) is 6.55. The van der Waals surface area contributed by atoms with Gasteiger partial charge in [0.2, 0.25) is 0 Å². The molecule has 0 aliphatic carbocycles. The fourth-order valence-corrected chi connectivity index (χ4v) is 3.10. The quantitative estimate of drug-likeness (QED) is 0.639. The van der Waals surface area contributed by atoms with Gasteiger partial charge >= 0.3 is 0 Å². The number of aryl methyl sites for hydroxylation is 1. The van der Waals surface area contributed by atoms with E-state index in [0.29, 0.717) is 12.0 Å². The summed E-state index contributed by atoms with van der Waals surface area (Å²) < 4.78 is 0. The largest absolute Gasteiger partial charge is 0.371 e. The van der Waals surface area contributed by atoms with Crippen LogP contribution in [-0.4, -0.2) is 38.2 Å². The van der Waals surface area contributed by atoms with Crippen LogP contribution < -0.4 is 15.5 Å². The molecule has 1 saturated heterocycles. The van der Waals surface area contributed by atoms with Gasteiger partial charge in [-0.3, -0.25) is 4.99 Å². The van der Waals surface area contributed by atoms with Gasteiger partial charge in [-0.25, -0.2) is 0 Å². The number of anilines is 1. The molecule has 1 fully saturated rings. The Morgan fingerprint density at radius 2 is 2.22 bits per heavy atom. The minimum atomic E-state index is 0.391. The molecule has 1 unspecified atom stereocenters. The lowest BCUT2D eigenvalue weighted by Crippen LogP contribution is -2.41. The summed E-state index contributed by atoms with van der Waals surface area (Å²) >= 11 is 6.15. The molecular weight excluding hydrogens is 308 g/mol. The lowest BCUT2D eigenvalue weighted by Gasteiger charge is -2.21. The number of aliphatic imine (C=N–C) groups is 1. The van der Waals surface area contributed by atoms with Crippen molar-refractivity contribution < 1.29 is 0 Å². The summed E-state index contributed by atoms with van der Waals surface area (Å²) in [4.78, 5) is 7.18. The van der Waals surface area contributed by atoms with E-state index in [0.717, 1.165) is 37.2 Å². The molecule has 1 atom stereocenters. The van der Waals surface area contributed by atoms with Gasteiger partial charge < -0.3 is 15.5 Å². The van der Waals surface area contributed by atoms with Gasteiger partial charge in [0.1, 0.15) is 0 Å². The predicted octanol–water partition coefficient (Wildman–Crippen LogP) is 3.44. The van der Waals surface area contributed by atoms with Crippen LogP contribution in [0.1, 0.15) is 32.8 Å². The number of halogens is 1. The first-order chi connectivity index (χ1) is 11.0. The number of nitrogens with zero attached hydrogens (tertiary/aromatic N) is 2. The van der Waals surface area contributed by atoms with Crippen molar-refractivity contribution in [1.29, 1.82) is 0 Å². The van der Waals surface area contributed by atoms with Gasteiger partial charge in [0.05, 0.1) is 0 Å². The normalized spacial score (nSPS) is 18.6. The first-order valence-electron chi connectivity index (χ1n) is 8.55. The van der Waals surface area contributed by atoms with Crippen molar-refractivity contribution in [3.63, 3.8) is 0 Å². The third kappa shape index (κ3) is 5.31. The second-order valence-corrected chi connectivity index (χ2v) is 6.99. The molecule has 0 spiro atoms. The molecule has 4 nitrogen and oxygen atoms in total. The summed E-state index contributed by atoms with van der Waals surface area (Å²) in [6.45, 7) is 12.4. The van der Waals surface area contributed by atoms with Crippen molar-refractivity contribution in [2.75, 3.05) is 31.1 Å². The highest BCUT2D eigenvalue weighted by Gasteiger charge is 2.23. The molecule has 1 aliphatic heterocycles. The maximum absolute atomic E-state index is 6.15. The summed E-state index contributed by atoms with van der Waals surface area (Å²) in [6, 6.07) is 6.52. The van der Waals surface area contributed by atoms with Crippen molar-refractivity contribution in [1.82, 2.24) is 10.6 Å². The third-order valence-electron chi connectivity index (χ3n) is 4.07. The van der Waals surface area contributed by atoms with Crippen molar-refractivity contribution >= 4 is 23.2 Å². The fourth-order valence-electron chi connectivity index (χ4n) is 2.94. The van der Waals surface area contributed by atoms with E-state index in [9.17, 15) is 0 Å². The Balaban J connectivity index is 1.95. The van der Waals surface area contributed by atoms with E-state index in [2.05, 4.69) is 55.4 Å². The molecule has 0 aromatic heterocycles. The van der Waals surface area contributed by atoms with E-state index in [1.807, 2.05) is 6.07 Å². The van der Waals surface area contributed by atoms with Crippen molar-refractivity contribution in [3.05, 3.63) is 28.8 Å². The Hall–Kier alpha value is -1.42. The zero-order chi connectivity index (χ0) is 16.8. The standard InChI is InChI=1S/C18H29ClN4/c1-5-20-18(22-13(2)3)21-11-15-8-9-23(12-15)17-10-16(19)7-6-14(17)4/h6-7,10,13,15H,5,8-9,11-12H2,1-4H3,(H2,20,21,22). The summed E-state index contributed by atoms with van der Waals surface area (Å²) in [5.41, 5.74) is 2.55. The molecule has 0 saturated carbocycles. The smallest absolute Gasteiger partial charge is 0.191 e. The number of rotatable bonds is 5. The molecule has 1 heterocycles. The SMILES string of the molecule is CCNC(=NCC1CCN(c2cc(Cl)ccc2C)C1)NC(C)C. The molecule has 1 aromatic carbocycles. The van der Waals surface area contributed by atoms with E-state index in [4.69, 9.17) is 16.6 Å². The van der Waals surface area contributed by atoms with E-state index in [1.54, 1.807) is 0 Å². The Bertz CT molecular complexity index is 542. The van der Waals surface area contributed by atoms with Crippen LogP contribution in [-0.2, 0) is 0 Å². The average Bonchev–Trinajstić information content (AvgIpc) is 2.96. The van der Waals surface area contributed by atoms with Gasteiger partial charge in [-0.15, -0.1) is 0 Å². The first-order valence-corrected chi connectivity index (χ1v) is 8.93. The van der Waals surface area contributed by atoms with Crippen LogP contribution >= 0.6 is 11.6 Å². The minimum Gasteiger partial charge on any atom is -0.371 e. The predicted molar refractivity (Wildman–Crippen MR) is 101 cm³/mol. The minimum absolute atomic E-state index is 0.391. The number of hydrogen-bond donors (Lipinski definition) is 2. The second kappa shape index (κ2) is 8.44. The topological polar surface area (TPSA) is 39.7 Å². The summed E-state index contributed by atoms with van der Waals surface area (Å²) in [5.74, 6) is 1.51. The molecule has 2 N–H and O–H groups in total. The highest BCUT2D eigenvalue weighted by molar-refractivity contribution is 6.30. The number of nitrogens with one attached hydrogen (secondary N) is 2. The number of hydrogen-bond acceptors (Lipinski definition) is 2. The van der Waals surface area contributed by atoms with Crippen LogP contribution in [0.15, 0.2) is 23.2 Å². The highest BCUT2D eigenvalue weighted by Crippen LogP contribution is 2.29. The molecule has 0 amide bonds. The monoisotopic (exact) mass is 336 g/mol. The summed E-state index contributed by atoms with van der Waals surface area (Å²) in [5, 5.41) is 7.49. The molecule has 0 bridgehead atoms. The van der Waals surface area contributed by atoms with Crippen LogP contribution in [0.25, 0.3) is 0 Å². The van der Waals surface area contributed by atoms with Gasteiger partial charge in [0, 0.05) is 42.9 Å². The highest BCUT2D eigenvalue weighted by atomic mass is 35.5. The van der Waals surface area contributed by atoms with Crippen molar-refractivity contribution in [2.24, 2.45) is 10.9 Å².